The Kier molecular flexibility index (Phi) is 18.1. The number of amides is 2. The molecule has 2 aliphatic heterocycles. The first-order chi connectivity index (χ1) is 34.4. The second kappa shape index (κ2) is 24.6. The van der Waals surface area contributed by atoms with Gasteiger partial charge in [-0.05, 0) is 86.8 Å². The molecule has 20 heteroatoms. The van der Waals surface area contributed by atoms with Gasteiger partial charge in [-0.2, -0.15) is 9.29 Å². The van der Waals surface area contributed by atoms with Crippen LogP contribution < -0.4 is 11.0 Å². The molecule has 0 spiro atoms. The molecule has 5 aromatic rings. The number of piperazine rings is 1. The van der Waals surface area contributed by atoms with Crippen molar-refractivity contribution in [3.05, 3.63) is 70.9 Å². The Morgan fingerprint density at radius 3 is 2.15 bits per heavy atom. The highest BCUT2D eigenvalue weighted by molar-refractivity contribution is 7.89. The van der Waals surface area contributed by atoms with Gasteiger partial charge in [0.05, 0.1) is 68.3 Å². The summed E-state index contributed by atoms with van der Waals surface area (Å²) in [6, 6.07) is 12.5. The molecule has 3 aromatic heterocycles. The number of fused-ring (bicyclic) bond motifs is 2. The van der Waals surface area contributed by atoms with E-state index in [0.717, 1.165) is 96.1 Å². The number of aromatic nitrogens is 5. The van der Waals surface area contributed by atoms with Crippen molar-refractivity contribution in [3.8, 4) is 11.1 Å². The molecule has 8 rings (SSSR count). The number of nitrogens with one attached hydrogen (secondary N) is 1. The molecule has 1 aliphatic carbocycles. The van der Waals surface area contributed by atoms with E-state index in [9.17, 15) is 27.9 Å². The Labute approximate surface area is 416 Å². The first-order valence-corrected chi connectivity index (χ1v) is 26.8. The summed E-state index contributed by atoms with van der Waals surface area (Å²) < 4.78 is 57.3. The van der Waals surface area contributed by atoms with E-state index in [1.165, 1.54) is 11.6 Å². The molecule has 0 bridgehead atoms. The maximum Gasteiger partial charge on any atom is 0.329 e. The van der Waals surface area contributed by atoms with Gasteiger partial charge < -0.3 is 33.9 Å². The van der Waals surface area contributed by atoms with Crippen LogP contribution in [0.2, 0.25) is 0 Å². The largest absolute Gasteiger partial charge is 0.393 e. The van der Waals surface area contributed by atoms with Gasteiger partial charge in [-0.3, -0.25) is 28.5 Å². The second-order valence-electron chi connectivity index (χ2n) is 18.8. The SMILES string of the molecule is CCCCNc1ncc2c(-c3ccc(S(=O)(=O)N4CCN(CCOCCOCCOCCOCCCc5ccc6c(c5)n(C)c(=O)n6[C@H]5CCC(=O)N(C)C5=O)CC4)cc3)cn([C@H]3CC[C@H](O)CC3)c2n1. The predicted molar refractivity (Wildman–Crippen MR) is 270 cm³/mol. The number of piperidine rings is 1. The van der Waals surface area contributed by atoms with Crippen molar-refractivity contribution >= 4 is 49.9 Å². The number of aryl methyl sites for hydroxylation is 2. The van der Waals surface area contributed by atoms with Crippen LogP contribution in [0.1, 0.15) is 82.4 Å². The topological polar surface area (TPSA) is 205 Å². The monoisotopic (exact) mass is 1000 g/mol. The van der Waals surface area contributed by atoms with Crippen molar-refractivity contribution in [3.63, 3.8) is 0 Å². The lowest BCUT2D eigenvalue weighted by molar-refractivity contribution is -0.149. The zero-order chi connectivity index (χ0) is 49.9. The van der Waals surface area contributed by atoms with E-state index in [0.29, 0.717) is 103 Å². The van der Waals surface area contributed by atoms with E-state index >= 15 is 0 Å². The normalized spacial score (nSPS) is 19.7. The summed E-state index contributed by atoms with van der Waals surface area (Å²) in [7, 11) is -0.508. The zero-order valence-corrected chi connectivity index (χ0v) is 42.3. The number of rotatable bonds is 25. The number of imide groups is 1. The minimum Gasteiger partial charge on any atom is -0.393 e. The molecule has 3 fully saturated rings. The molecule has 0 unspecified atom stereocenters. The fraction of sp³-hybridized carbons (Fsp3) is 0.588. The number of benzene rings is 2. The molecule has 2 amide bonds. The number of sulfonamides is 1. The van der Waals surface area contributed by atoms with Gasteiger partial charge >= 0.3 is 5.69 Å². The van der Waals surface area contributed by atoms with E-state index in [1.54, 1.807) is 28.1 Å². The highest BCUT2D eigenvalue weighted by Crippen LogP contribution is 2.37. The van der Waals surface area contributed by atoms with Gasteiger partial charge in [0.15, 0.2) is 0 Å². The fourth-order valence-corrected chi connectivity index (χ4v) is 11.2. The minimum absolute atomic E-state index is 0.215. The van der Waals surface area contributed by atoms with Gasteiger partial charge in [0.2, 0.25) is 21.9 Å². The molecular weight excluding hydrogens is 931 g/mol. The van der Waals surface area contributed by atoms with Crippen LogP contribution in [0.25, 0.3) is 33.2 Å². The minimum atomic E-state index is -3.68. The number of nitrogens with zero attached hydrogens (tertiary/aromatic N) is 8. The molecule has 2 N–H and O–H groups in total. The molecule has 1 saturated carbocycles. The Morgan fingerprint density at radius 1 is 0.789 bits per heavy atom. The van der Waals surface area contributed by atoms with Crippen LogP contribution in [0, 0.1) is 0 Å². The third-order valence-corrected chi connectivity index (χ3v) is 16.0. The number of aliphatic hydroxyl groups excluding tert-OH is 1. The molecule has 19 nitrogen and oxygen atoms in total. The number of aliphatic hydroxyl groups is 1. The van der Waals surface area contributed by atoms with Crippen molar-refractivity contribution in [2.45, 2.75) is 94.2 Å². The van der Waals surface area contributed by atoms with Crippen molar-refractivity contribution in [1.82, 2.24) is 37.8 Å². The summed E-state index contributed by atoms with van der Waals surface area (Å²) >= 11 is 0. The van der Waals surface area contributed by atoms with Crippen molar-refractivity contribution < 1.29 is 42.1 Å². The van der Waals surface area contributed by atoms with Crippen LogP contribution in [-0.4, -0.2) is 168 Å². The number of carbonyl (C=O) groups excluding carboxylic acids is 2. The van der Waals surface area contributed by atoms with Crippen molar-refractivity contribution in [2.24, 2.45) is 7.05 Å². The summed E-state index contributed by atoms with van der Waals surface area (Å²) in [5, 5.41) is 14.4. The fourth-order valence-electron chi connectivity index (χ4n) is 9.82. The average Bonchev–Trinajstić information content (AvgIpc) is 3.88. The lowest BCUT2D eigenvalue weighted by Crippen LogP contribution is -2.49. The maximum absolute atomic E-state index is 13.8. The highest BCUT2D eigenvalue weighted by Gasteiger charge is 2.35. The third-order valence-electron chi connectivity index (χ3n) is 14.1. The van der Waals surface area contributed by atoms with Gasteiger partial charge in [-0.15, -0.1) is 0 Å². The van der Waals surface area contributed by atoms with Gasteiger partial charge in [0.1, 0.15) is 11.7 Å². The van der Waals surface area contributed by atoms with Crippen LogP contribution in [0.3, 0.4) is 0 Å². The summed E-state index contributed by atoms with van der Waals surface area (Å²) in [6.07, 6.45) is 11.2. The predicted octanol–water partition coefficient (Wildman–Crippen LogP) is 4.77. The molecular formula is C51H71N9O10S. The lowest BCUT2D eigenvalue weighted by atomic mass is 9.93. The number of carbonyl (C=O) groups is 2. The Morgan fingerprint density at radius 2 is 1.46 bits per heavy atom. The van der Waals surface area contributed by atoms with Gasteiger partial charge in [-0.25, -0.2) is 18.2 Å². The highest BCUT2D eigenvalue weighted by atomic mass is 32.2. The number of likely N-dealkylation sites (N-methyl/N-ethyl adjacent to an activating group) is 1. The van der Waals surface area contributed by atoms with Crippen LogP contribution in [0.4, 0.5) is 5.95 Å². The Balaban J connectivity index is 0.675. The van der Waals surface area contributed by atoms with Crippen molar-refractivity contribution in [1.29, 1.82) is 0 Å². The van der Waals surface area contributed by atoms with Crippen molar-refractivity contribution in [2.75, 3.05) is 104 Å². The molecule has 71 heavy (non-hydrogen) atoms. The second-order valence-corrected chi connectivity index (χ2v) is 20.8. The Bertz CT molecular complexity index is 2740. The first kappa shape index (κ1) is 52.3. The van der Waals surface area contributed by atoms with Gasteiger partial charge in [0, 0.05) is 95.8 Å². The summed E-state index contributed by atoms with van der Waals surface area (Å²) in [5.74, 6) is 0.0138. The van der Waals surface area contributed by atoms with Crippen LogP contribution in [0.15, 0.2) is 64.5 Å². The first-order valence-electron chi connectivity index (χ1n) is 25.4. The van der Waals surface area contributed by atoms with Crippen LogP contribution in [-0.2, 0) is 52.0 Å². The maximum atomic E-state index is 13.8. The zero-order valence-electron chi connectivity index (χ0n) is 41.5. The van der Waals surface area contributed by atoms with E-state index in [4.69, 9.17) is 23.9 Å². The average molecular weight is 1000 g/mol. The number of hydrogen-bond acceptors (Lipinski definition) is 14. The molecule has 2 aromatic carbocycles. The summed E-state index contributed by atoms with van der Waals surface area (Å²) in [5.41, 5.74) is 4.93. The summed E-state index contributed by atoms with van der Waals surface area (Å²) in [6.45, 7) is 9.52. The standard InChI is InChI=1S/C51H71N9O10S/c1-4-5-20-52-50-53-35-42-43(36-59(48(42)54-50)39-11-13-40(61)14-12-39)38-9-15-41(16-10-38)71(65,66)58-23-21-57(22-24-58)25-27-68-29-31-70-33-32-69-30-28-67-26-6-7-37-8-17-44-46(34-37)55(2)51(64)60(44)45-18-19-47(62)56(3)49(45)63/h8-10,15-17,34-36,39-40,45,61H,4-7,11-14,18-33H2,1-3H3,(H,52,53,54)/t39-,40-,45-/m0/s1. The number of likely N-dealkylation sites (tertiary alicyclic amines) is 1. The lowest BCUT2D eigenvalue weighted by Gasteiger charge is -2.33. The summed E-state index contributed by atoms with van der Waals surface area (Å²) in [4.78, 5) is 51.1. The van der Waals surface area contributed by atoms with Crippen LogP contribution >= 0.6 is 0 Å². The number of unbranched alkanes of at least 4 members (excludes halogenated alkanes) is 1. The molecule has 5 heterocycles. The van der Waals surface area contributed by atoms with Gasteiger partial charge in [-0.1, -0.05) is 31.5 Å². The molecule has 3 aliphatic rings. The third kappa shape index (κ3) is 12.6. The van der Waals surface area contributed by atoms with E-state index in [1.807, 2.05) is 36.5 Å². The Hall–Kier alpha value is -5.06. The molecule has 2 saturated heterocycles. The van der Waals surface area contributed by atoms with Gasteiger partial charge in [0.25, 0.3) is 5.91 Å². The molecule has 1 atom stereocenters. The van der Waals surface area contributed by atoms with E-state index in [-0.39, 0.29) is 41.0 Å². The molecule has 0 radical (unpaired) electrons. The van der Waals surface area contributed by atoms with E-state index < -0.39 is 16.1 Å². The van der Waals surface area contributed by atoms with Crippen LogP contribution in [0.5, 0.6) is 0 Å². The quantitative estimate of drug-likeness (QED) is 0.0598. The smallest absolute Gasteiger partial charge is 0.329 e. The number of ether oxygens (including phenoxy) is 4. The number of hydrogen-bond donors (Lipinski definition) is 2. The molecule has 386 valence electrons. The van der Waals surface area contributed by atoms with E-state index in [2.05, 4.69) is 32.9 Å². The number of anilines is 1. The number of imidazole rings is 1.